The molecule has 0 amide bonds. The molecule has 0 aromatic carbocycles. The molecule has 2 aromatic heterocycles. The molecule has 2 aromatic rings. The predicted molar refractivity (Wildman–Crippen MR) is 102 cm³/mol. The number of rotatable bonds is 3. The third-order valence-electron chi connectivity index (χ3n) is 5.94. The lowest BCUT2D eigenvalue weighted by Gasteiger charge is -2.33. The molecule has 0 atom stereocenters. The van der Waals surface area contributed by atoms with E-state index < -0.39 is 0 Å². The first kappa shape index (κ1) is 16.4. The fourth-order valence-electron chi connectivity index (χ4n) is 4.57. The summed E-state index contributed by atoms with van der Waals surface area (Å²) in [5.74, 6) is 1.06. The number of pyridine rings is 1. The molecule has 1 N–H and O–H groups in total. The molecule has 0 bridgehead atoms. The summed E-state index contributed by atoms with van der Waals surface area (Å²) in [6.07, 6.45) is 13.5. The third kappa shape index (κ3) is 3.51. The number of nitrogens with one attached hydrogen (secondary N) is 1. The summed E-state index contributed by atoms with van der Waals surface area (Å²) in [5, 5.41) is 3.55. The Morgan fingerprint density at radius 2 is 2.12 bits per heavy atom. The van der Waals surface area contributed by atoms with Gasteiger partial charge in [-0.2, -0.15) is 0 Å². The number of imidazole rings is 1. The Balaban J connectivity index is 1.32. The van der Waals surface area contributed by atoms with Gasteiger partial charge >= 0.3 is 0 Å². The molecule has 1 spiro atoms. The lowest BCUT2D eigenvalue weighted by Crippen LogP contribution is -2.42. The van der Waals surface area contributed by atoms with Gasteiger partial charge in [0.25, 0.3) is 0 Å². The molecule has 1 saturated heterocycles. The van der Waals surface area contributed by atoms with Crippen molar-refractivity contribution in [1.82, 2.24) is 19.6 Å². The summed E-state index contributed by atoms with van der Waals surface area (Å²) < 4.78 is 2.08. The van der Waals surface area contributed by atoms with Gasteiger partial charge in [0.05, 0.1) is 5.69 Å². The zero-order valence-electron chi connectivity index (χ0n) is 15.2. The average Bonchev–Trinajstić information content (AvgIpc) is 3.23. The van der Waals surface area contributed by atoms with Crippen LogP contribution in [0.3, 0.4) is 0 Å². The second kappa shape index (κ2) is 7.06. The quantitative estimate of drug-likeness (QED) is 0.690. The van der Waals surface area contributed by atoms with Gasteiger partial charge in [0.15, 0.2) is 5.96 Å². The van der Waals surface area contributed by atoms with E-state index in [0.717, 1.165) is 36.8 Å². The first-order chi connectivity index (χ1) is 12.3. The van der Waals surface area contributed by atoms with E-state index in [4.69, 9.17) is 0 Å². The van der Waals surface area contributed by atoms with Gasteiger partial charge in [0, 0.05) is 45.5 Å². The molecule has 0 unspecified atom stereocenters. The molecule has 134 valence electrons. The van der Waals surface area contributed by atoms with Crippen LogP contribution in [0.4, 0.5) is 0 Å². The molecule has 2 aliphatic rings. The van der Waals surface area contributed by atoms with Gasteiger partial charge in [-0.1, -0.05) is 25.3 Å². The normalized spacial score (nSPS) is 20.5. The molecule has 1 saturated carbocycles. The summed E-state index contributed by atoms with van der Waals surface area (Å²) in [5.41, 5.74) is 2.71. The topological polar surface area (TPSA) is 44.9 Å². The smallest absolute Gasteiger partial charge is 0.193 e. The monoisotopic (exact) mass is 339 g/mol. The number of aromatic nitrogens is 2. The highest BCUT2D eigenvalue weighted by molar-refractivity contribution is 5.80. The molecule has 5 nitrogen and oxygen atoms in total. The Kier molecular flexibility index (Phi) is 4.64. The van der Waals surface area contributed by atoms with E-state index in [0.29, 0.717) is 5.41 Å². The van der Waals surface area contributed by atoms with Crippen LogP contribution in [-0.4, -0.2) is 46.9 Å². The van der Waals surface area contributed by atoms with E-state index in [2.05, 4.69) is 30.8 Å². The minimum atomic E-state index is 0.567. The highest BCUT2D eigenvalue weighted by Crippen LogP contribution is 2.43. The van der Waals surface area contributed by atoms with Crippen molar-refractivity contribution in [3.63, 3.8) is 0 Å². The van der Waals surface area contributed by atoms with E-state index >= 15 is 0 Å². The minimum Gasteiger partial charge on any atom is -0.356 e. The van der Waals surface area contributed by atoms with Crippen molar-refractivity contribution >= 4 is 11.6 Å². The lowest BCUT2D eigenvalue weighted by atomic mass is 9.73. The molecule has 1 aliphatic heterocycles. The predicted octanol–water partition coefficient (Wildman–Crippen LogP) is 3.11. The molecule has 0 radical (unpaired) electrons. The van der Waals surface area contributed by atoms with Gasteiger partial charge in [-0.3, -0.25) is 4.99 Å². The van der Waals surface area contributed by atoms with Gasteiger partial charge in [-0.25, -0.2) is 4.98 Å². The van der Waals surface area contributed by atoms with Crippen LogP contribution in [0.5, 0.6) is 0 Å². The van der Waals surface area contributed by atoms with E-state index in [1.165, 1.54) is 45.1 Å². The van der Waals surface area contributed by atoms with Crippen LogP contribution in [0.2, 0.25) is 0 Å². The average molecular weight is 339 g/mol. The van der Waals surface area contributed by atoms with E-state index in [-0.39, 0.29) is 0 Å². The Bertz CT molecular complexity index is 708. The number of hydrogen-bond donors (Lipinski definition) is 1. The maximum Gasteiger partial charge on any atom is 0.193 e. The number of nitrogens with zero attached hydrogens (tertiary/aromatic N) is 4. The SMILES string of the molecule is CN=C(NCCc1cn2ccccc2n1)N1CCC2(CCCCC2)C1. The second-order valence-electron chi connectivity index (χ2n) is 7.65. The second-order valence-corrected chi connectivity index (χ2v) is 7.65. The Hall–Kier alpha value is -2.04. The van der Waals surface area contributed by atoms with E-state index in [9.17, 15) is 0 Å². The van der Waals surface area contributed by atoms with Crippen molar-refractivity contribution in [2.75, 3.05) is 26.7 Å². The van der Waals surface area contributed by atoms with Crippen molar-refractivity contribution in [3.8, 4) is 0 Å². The molecular weight excluding hydrogens is 310 g/mol. The number of fused-ring (bicyclic) bond motifs is 1. The summed E-state index contributed by atoms with van der Waals surface area (Å²) in [4.78, 5) is 11.7. The number of aliphatic imine (C=N–C) groups is 1. The molecule has 25 heavy (non-hydrogen) atoms. The maximum atomic E-state index is 4.67. The Labute approximate surface area is 150 Å². The van der Waals surface area contributed by atoms with Crippen LogP contribution in [-0.2, 0) is 6.42 Å². The Morgan fingerprint density at radius 1 is 1.24 bits per heavy atom. The highest BCUT2D eigenvalue weighted by atomic mass is 15.3. The van der Waals surface area contributed by atoms with Crippen LogP contribution in [0, 0.1) is 5.41 Å². The van der Waals surface area contributed by atoms with Gasteiger partial charge in [-0.05, 0) is 36.8 Å². The van der Waals surface area contributed by atoms with Crippen molar-refractivity contribution in [2.24, 2.45) is 10.4 Å². The maximum absolute atomic E-state index is 4.67. The van der Waals surface area contributed by atoms with Gasteiger partial charge < -0.3 is 14.6 Å². The fourth-order valence-corrected chi connectivity index (χ4v) is 4.57. The lowest BCUT2D eigenvalue weighted by molar-refractivity contribution is 0.203. The highest BCUT2D eigenvalue weighted by Gasteiger charge is 2.39. The zero-order chi connectivity index (χ0) is 17.1. The standard InChI is InChI=1S/C20H29N5/c1-21-19(25-14-11-20(16-25)9-4-2-5-10-20)22-12-8-17-15-24-13-6-3-7-18(24)23-17/h3,6-7,13,15H,2,4-5,8-12,14,16H2,1H3,(H,21,22). The molecule has 2 fully saturated rings. The summed E-state index contributed by atoms with van der Waals surface area (Å²) >= 11 is 0. The summed E-state index contributed by atoms with van der Waals surface area (Å²) in [6, 6.07) is 6.11. The van der Waals surface area contributed by atoms with Crippen LogP contribution < -0.4 is 5.32 Å². The molecule has 3 heterocycles. The van der Waals surface area contributed by atoms with Crippen molar-refractivity contribution < 1.29 is 0 Å². The molecule has 4 rings (SSSR count). The van der Waals surface area contributed by atoms with Crippen molar-refractivity contribution in [2.45, 2.75) is 44.9 Å². The largest absolute Gasteiger partial charge is 0.356 e. The zero-order valence-corrected chi connectivity index (χ0v) is 15.2. The number of likely N-dealkylation sites (tertiary alicyclic amines) is 1. The third-order valence-corrected chi connectivity index (χ3v) is 5.94. The Morgan fingerprint density at radius 3 is 2.92 bits per heavy atom. The van der Waals surface area contributed by atoms with Crippen LogP contribution in [0.25, 0.3) is 5.65 Å². The van der Waals surface area contributed by atoms with Crippen molar-refractivity contribution in [1.29, 1.82) is 0 Å². The first-order valence-electron chi connectivity index (χ1n) is 9.66. The summed E-state index contributed by atoms with van der Waals surface area (Å²) in [6.45, 7) is 3.20. The van der Waals surface area contributed by atoms with Gasteiger partial charge in [0.2, 0.25) is 0 Å². The number of guanidine groups is 1. The van der Waals surface area contributed by atoms with Crippen LogP contribution in [0.15, 0.2) is 35.6 Å². The number of hydrogen-bond acceptors (Lipinski definition) is 2. The molecule has 5 heteroatoms. The molecule has 1 aliphatic carbocycles. The van der Waals surface area contributed by atoms with E-state index in [1.54, 1.807) is 0 Å². The minimum absolute atomic E-state index is 0.567. The van der Waals surface area contributed by atoms with Crippen LogP contribution >= 0.6 is 0 Å². The molecular formula is C20H29N5. The van der Waals surface area contributed by atoms with E-state index in [1.807, 2.05) is 31.4 Å². The summed E-state index contributed by atoms with van der Waals surface area (Å²) in [7, 11) is 1.90. The van der Waals surface area contributed by atoms with Crippen molar-refractivity contribution in [3.05, 3.63) is 36.3 Å². The first-order valence-corrected chi connectivity index (χ1v) is 9.66. The van der Waals surface area contributed by atoms with Gasteiger partial charge in [-0.15, -0.1) is 0 Å². The fraction of sp³-hybridized carbons (Fsp3) is 0.600. The van der Waals surface area contributed by atoms with Crippen LogP contribution in [0.1, 0.15) is 44.2 Å². The van der Waals surface area contributed by atoms with Gasteiger partial charge in [0.1, 0.15) is 5.65 Å².